The first-order valence-corrected chi connectivity index (χ1v) is 6.51. The molecule has 1 atom stereocenters. The van der Waals surface area contributed by atoms with Crippen LogP contribution in [0.15, 0.2) is 30.5 Å². The zero-order valence-electron chi connectivity index (χ0n) is 10.8. The van der Waals surface area contributed by atoms with Crippen LogP contribution in [-0.2, 0) is 20.8 Å². The van der Waals surface area contributed by atoms with Crippen LogP contribution in [0.1, 0.15) is 12.0 Å². The fourth-order valence-corrected chi connectivity index (χ4v) is 2.51. The smallest absolute Gasteiger partial charge is 0.164 e. The summed E-state index contributed by atoms with van der Waals surface area (Å²) in [6.45, 7) is 0. The Hall–Kier alpha value is -2.27. The topological polar surface area (TPSA) is 79.0 Å². The minimum absolute atomic E-state index is 0.0175. The van der Waals surface area contributed by atoms with E-state index in [1.807, 2.05) is 30.5 Å². The van der Waals surface area contributed by atoms with Gasteiger partial charge in [-0.25, -0.2) is 0 Å². The van der Waals surface area contributed by atoms with Crippen LogP contribution in [-0.4, -0.2) is 34.9 Å². The lowest BCUT2D eigenvalue weighted by molar-refractivity contribution is -0.141. The number of nitrogens with one attached hydrogen (secondary N) is 2. The van der Waals surface area contributed by atoms with Gasteiger partial charge < -0.3 is 9.78 Å². The molecule has 0 saturated heterocycles. The Morgan fingerprint density at radius 3 is 2.75 bits per heavy atom. The lowest BCUT2D eigenvalue weighted by atomic mass is 9.88. The zero-order chi connectivity index (χ0) is 14.1. The molecule has 1 aliphatic rings. The molecular weight excluding hydrogens is 256 g/mol. The van der Waals surface area contributed by atoms with E-state index in [1.165, 1.54) is 0 Å². The molecule has 2 aromatic rings. The van der Waals surface area contributed by atoms with Crippen molar-refractivity contribution in [3.63, 3.8) is 0 Å². The van der Waals surface area contributed by atoms with Crippen molar-refractivity contribution >= 4 is 28.8 Å². The third-order valence-electron chi connectivity index (χ3n) is 3.65. The van der Waals surface area contributed by atoms with Gasteiger partial charge in [-0.2, -0.15) is 0 Å². The molecule has 5 nitrogen and oxygen atoms in total. The highest BCUT2D eigenvalue weighted by atomic mass is 16.2. The summed E-state index contributed by atoms with van der Waals surface area (Å²) in [7, 11) is 0. The second kappa shape index (κ2) is 5.02. The summed E-state index contributed by atoms with van der Waals surface area (Å²) in [5.74, 6) is -0.276. The van der Waals surface area contributed by atoms with Crippen molar-refractivity contribution in [2.24, 2.45) is 0 Å². The first-order chi connectivity index (χ1) is 9.69. The van der Waals surface area contributed by atoms with Crippen molar-refractivity contribution in [3.05, 3.63) is 36.0 Å². The molecule has 0 spiro atoms. The van der Waals surface area contributed by atoms with Gasteiger partial charge in [-0.05, 0) is 18.1 Å². The Morgan fingerprint density at radius 1 is 1.30 bits per heavy atom. The van der Waals surface area contributed by atoms with Gasteiger partial charge in [-0.3, -0.25) is 14.9 Å². The molecule has 1 aliphatic carbocycles. The molecule has 1 aromatic carbocycles. The van der Waals surface area contributed by atoms with Gasteiger partial charge in [0.2, 0.25) is 0 Å². The van der Waals surface area contributed by atoms with Gasteiger partial charge in [-0.1, -0.05) is 18.2 Å². The van der Waals surface area contributed by atoms with E-state index < -0.39 is 12.1 Å². The summed E-state index contributed by atoms with van der Waals surface area (Å²) in [6, 6.07) is 6.47. The minimum Gasteiger partial charge on any atom is -0.361 e. The number of hydrogen-bond acceptors (Lipinski definition) is 4. The quantitative estimate of drug-likeness (QED) is 0.621. The summed E-state index contributed by atoms with van der Waals surface area (Å²) in [5, 5.41) is 3.87. The Morgan fingerprint density at radius 2 is 2.05 bits per heavy atom. The average molecular weight is 270 g/mol. The van der Waals surface area contributed by atoms with Crippen LogP contribution in [0.5, 0.6) is 0 Å². The summed E-state index contributed by atoms with van der Waals surface area (Å²) in [4.78, 5) is 36.9. The molecule has 1 fully saturated rings. The van der Waals surface area contributed by atoms with E-state index in [-0.39, 0.29) is 18.0 Å². The van der Waals surface area contributed by atoms with Gasteiger partial charge in [-0.15, -0.1) is 0 Å². The fraction of sp³-hybridized carbons (Fsp3) is 0.267. The molecule has 0 amide bonds. The minimum atomic E-state index is -0.796. The lowest BCUT2D eigenvalue weighted by Crippen LogP contribution is -2.57. The number of aromatic nitrogens is 1. The Balaban J connectivity index is 1.76. The van der Waals surface area contributed by atoms with Gasteiger partial charge in [0.1, 0.15) is 12.3 Å². The third-order valence-corrected chi connectivity index (χ3v) is 3.65. The van der Waals surface area contributed by atoms with Gasteiger partial charge in [0, 0.05) is 17.1 Å². The van der Waals surface area contributed by atoms with E-state index in [1.54, 1.807) is 0 Å². The molecule has 20 heavy (non-hydrogen) atoms. The summed E-state index contributed by atoms with van der Waals surface area (Å²) >= 11 is 0. The molecule has 1 saturated carbocycles. The molecule has 102 valence electrons. The maximum absolute atomic E-state index is 11.3. The van der Waals surface area contributed by atoms with Crippen LogP contribution in [0.2, 0.25) is 0 Å². The number of carbonyl (C=O) groups excluding carboxylic acids is 3. The predicted octanol–water partition coefficient (Wildman–Crippen LogP) is 0.778. The number of rotatable bonds is 5. The van der Waals surface area contributed by atoms with Crippen molar-refractivity contribution in [2.45, 2.75) is 24.9 Å². The van der Waals surface area contributed by atoms with Gasteiger partial charge in [0.05, 0.1) is 12.5 Å². The standard InChI is InChI=1S/C15H14N2O3/c18-8-10(17-15-13(19)6-14(15)20)5-9-7-16-12-4-2-1-3-11(9)12/h1-4,7-8,10,15-17H,5-6H2/t10-/m0/s1. The van der Waals surface area contributed by atoms with Crippen molar-refractivity contribution in [1.82, 2.24) is 10.3 Å². The normalized spacial score (nSPS) is 17.2. The number of H-pyrrole nitrogens is 1. The molecule has 3 rings (SSSR count). The van der Waals surface area contributed by atoms with Gasteiger partial charge in [0.25, 0.3) is 0 Å². The predicted molar refractivity (Wildman–Crippen MR) is 73.4 cm³/mol. The highest BCUT2D eigenvalue weighted by molar-refractivity contribution is 6.24. The van der Waals surface area contributed by atoms with Crippen molar-refractivity contribution in [1.29, 1.82) is 0 Å². The van der Waals surface area contributed by atoms with Crippen molar-refractivity contribution < 1.29 is 14.4 Å². The largest absolute Gasteiger partial charge is 0.361 e. The first kappa shape index (κ1) is 12.7. The van der Waals surface area contributed by atoms with Gasteiger partial charge >= 0.3 is 0 Å². The monoisotopic (exact) mass is 270 g/mol. The van der Waals surface area contributed by atoms with Crippen LogP contribution in [0.4, 0.5) is 0 Å². The molecule has 0 unspecified atom stereocenters. The molecule has 0 bridgehead atoms. The van der Waals surface area contributed by atoms with E-state index in [4.69, 9.17) is 0 Å². The number of fused-ring (bicyclic) bond motifs is 1. The molecule has 1 heterocycles. The van der Waals surface area contributed by atoms with Crippen LogP contribution in [0.25, 0.3) is 10.9 Å². The van der Waals surface area contributed by atoms with Crippen LogP contribution < -0.4 is 5.32 Å². The van der Waals surface area contributed by atoms with Crippen LogP contribution in [0.3, 0.4) is 0 Å². The van der Waals surface area contributed by atoms with Crippen molar-refractivity contribution in [3.8, 4) is 0 Å². The number of carbonyl (C=O) groups is 3. The third kappa shape index (κ3) is 2.16. The first-order valence-electron chi connectivity index (χ1n) is 6.51. The van der Waals surface area contributed by atoms with E-state index in [0.29, 0.717) is 6.42 Å². The van der Waals surface area contributed by atoms with E-state index in [2.05, 4.69) is 10.3 Å². The van der Waals surface area contributed by atoms with Gasteiger partial charge in [0.15, 0.2) is 11.6 Å². The van der Waals surface area contributed by atoms with E-state index in [0.717, 1.165) is 22.8 Å². The highest BCUT2D eigenvalue weighted by Crippen LogP contribution is 2.19. The van der Waals surface area contributed by atoms with Crippen molar-refractivity contribution in [2.75, 3.05) is 0 Å². The number of Topliss-reactive ketones (excluding diaryl/α,β-unsaturated/α-hetero) is 2. The molecule has 2 N–H and O–H groups in total. The highest BCUT2D eigenvalue weighted by Gasteiger charge is 2.39. The molecular formula is C15H14N2O3. The maximum atomic E-state index is 11.3. The Kier molecular flexibility index (Phi) is 3.20. The lowest BCUT2D eigenvalue weighted by Gasteiger charge is -2.26. The second-order valence-electron chi connectivity index (χ2n) is 5.02. The molecule has 1 aromatic heterocycles. The summed E-state index contributed by atoms with van der Waals surface area (Å²) in [5.41, 5.74) is 1.99. The van der Waals surface area contributed by atoms with Crippen LogP contribution in [0, 0.1) is 0 Å². The molecule has 0 aliphatic heterocycles. The number of aldehydes is 1. The summed E-state index contributed by atoms with van der Waals surface area (Å²) in [6.07, 6.45) is 3.04. The maximum Gasteiger partial charge on any atom is 0.164 e. The average Bonchev–Trinajstić information content (AvgIpc) is 2.86. The zero-order valence-corrected chi connectivity index (χ0v) is 10.8. The number of para-hydroxylation sites is 1. The molecule has 5 heteroatoms. The number of hydrogen-bond donors (Lipinski definition) is 2. The van der Waals surface area contributed by atoms with Crippen LogP contribution >= 0.6 is 0 Å². The van der Waals surface area contributed by atoms with E-state index >= 15 is 0 Å². The number of ketones is 2. The summed E-state index contributed by atoms with van der Waals surface area (Å²) < 4.78 is 0. The Labute approximate surface area is 115 Å². The Bertz CT molecular complexity index is 675. The fourth-order valence-electron chi connectivity index (χ4n) is 2.51. The second-order valence-corrected chi connectivity index (χ2v) is 5.02. The molecule has 0 radical (unpaired) electrons. The SMILES string of the molecule is O=C[C@H](Cc1c[nH]c2ccccc12)NC1C(=O)CC1=O. The number of aromatic amines is 1. The number of benzene rings is 1. The van der Waals surface area contributed by atoms with E-state index in [9.17, 15) is 14.4 Å².